The van der Waals surface area contributed by atoms with Crippen molar-refractivity contribution in [2.45, 2.75) is 6.42 Å². The molecule has 0 atom stereocenters. The number of hydrogen-bond acceptors (Lipinski definition) is 6. The van der Waals surface area contributed by atoms with Gasteiger partial charge in [-0.25, -0.2) is 19.7 Å². The molecule has 0 unspecified atom stereocenters. The molecule has 26 heavy (non-hydrogen) atoms. The molecular formula is C18H14N6O2. The van der Waals surface area contributed by atoms with Crippen molar-refractivity contribution in [2.75, 3.05) is 5.73 Å². The molecule has 0 aliphatic heterocycles. The summed E-state index contributed by atoms with van der Waals surface area (Å²) in [4.78, 5) is 41.0. The lowest BCUT2D eigenvalue weighted by Gasteiger charge is -2.08. The molecule has 4 N–H and O–H groups in total. The first-order valence-electron chi connectivity index (χ1n) is 7.89. The molecule has 0 spiro atoms. The van der Waals surface area contributed by atoms with Crippen LogP contribution in [0.2, 0.25) is 0 Å². The minimum atomic E-state index is -0.569. The number of H-pyrrole nitrogens is 2. The molecule has 1 aromatic carbocycles. The van der Waals surface area contributed by atoms with Crippen LogP contribution in [0.3, 0.4) is 0 Å². The first-order chi connectivity index (χ1) is 12.6. The number of nitrogens with zero attached hydrogens (tertiary/aromatic N) is 3. The Labute approximate surface area is 146 Å². The van der Waals surface area contributed by atoms with Crippen LogP contribution >= 0.6 is 0 Å². The Kier molecular flexibility index (Phi) is 3.77. The van der Waals surface area contributed by atoms with Crippen LogP contribution in [0.1, 0.15) is 11.3 Å². The average molecular weight is 346 g/mol. The van der Waals surface area contributed by atoms with E-state index < -0.39 is 11.2 Å². The zero-order chi connectivity index (χ0) is 18.1. The van der Waals surface area contributed by atoms with Crippen molar-refractivity contribution in [1.82, 2.24) is 24.9 Å². The molecule has 0 radical (unpaired) electrons. The van der Waals surface area contributed by atoms with Crippen molar-refractivity contribution in [3.05, 3.63) is 80.8 Å². The van der Waals surface area contributed by atoms with Gasteiger partial charge in [-0.05, 0) is 17.7 Å². The standard InChI is InChI=1S/C18H14N6O2/c19-17-22-13-7-6-12(11-9-20-18(26)24-16(11)25)21-15(13)14(23-17)8-10-4-2-1-3-5-10/h1-7,9H,8H2,(H2,19,22,23)(H2,20,24,25,26). The van der Waals surface area contributed by atoms with E-state index in [1.165, 1.54) is 6.20 Å². The van der Waals surface area contributed by atoms with Gasteiger partial charge in [0.25, 0.3) is 5.56 Å². The van der Waals surface area contributed by atoms with E-state index in [-0.39, 0.29) is 11.5 Å². The summed E-state index contributed by atoms with van der Waals surface area (Å²) < 4.78 is 0. The number of nitrogens with one attached hydrogen (secondary N) is 2. The third-order valence-electron chi connectivity index (χ3n) is 3.94. The summed E-state index contributed by atoms with van der Waals surface area (Å²) in [6.45, 7) is 0. The third-order valence-corrected chi connectivity index (χ3v) is 3.94. The van der Waals surface area contributed by atoms with Gasteiger partial charge < -0.3 is 10.7 Å². The zero-order valence-electron chi connectivity index (χ0n) is 13.6. The van der Waals surface area contributed by atoms with Crippen molar-refractivity contribution >= 4 is 17.0 Å². The Morgan fingerprint density at radius 3 is 2.54 bits per heavy atom. The van der Waals surface area contributed by atoms with E-state index in [1.807, 2.05) is 30.3 Å². The maximum atomic E-state index is 12.0. The Morgan fingerprint density at radius 2 is 1.77 bits per heavy atom. The van der Waals surface area contributed by atoms with Crippen molar-refractivity contribution in [3.8, 4) is 11.3 Å². The van der Waals surface area contributed by atoms with Crippen LogP contribution in [0, 0.1) is 0 Å². The molecule has 0 bridgehead atoms. The van der Waals surface area contributed by atoms with Gasteiger partial charge in [-0.15, -0.1) is 0 Å². The number of aromatic nitrogens is 5. The molecule has 0 saturated heterocycles. The van der Waals surface area contributed by atoms with Crippen LogP contribution in [0.4, 0.5) is 5.95 Å². The predicted octanol–water partition coefficient (Wildman–Crippen LogP) is 1.24. The van der Waals surface area contributed by atoms with Crippen molar-refractivity contribution < 1.29 is 0 Å². The summed E-state index contributed by atoms with van der Waals surface area (Å²) in [5.74, 6) is 0.167. The van der Waals surface area contributed by atoms with Gasteiger partial charge in [0, 0.05) is 12.6 Å². The predicted molar refractivity (Wildman–Crippen MR) is 97.7 cm³/mol. The minimum Gasteiger partial charge on any atom is -0.368 e. The molecule has 8 nitrogen and oxygen atoms in total. The Bertz CT molecular complexity index is 1210. The molecule has 3 aromatic heterocycles. The van der Waals surface area contributed by atoms with E-state index in [0.29, 0.717) is 28.8 Å². The van der Waals surface area contributed by atoms with E-state index in [4.69, 9.17) is 5.73 Å². The molecule has 4 aromatic rings. The largest absolute Gasteiger partial charge is 0.368 e. The highest BCUT2D eigenvalue weighted by Crippen LogP contribution is 2.21. The normalized spacial score (nSPS) is 10.9. The minimum absolute atomic E-state index is 0.167. The summed E-state index contributed by atoms with van der Waals surface area (Å²) in [6, 6.07) is 13.2. The molecule has 0 aliphatic rings. The van der Waals surface area contributed by atoms with Gasteiger partial charge in [0.2, 0.25) is 5.95 Å². The summed E-state index contributed by atoms with van der Waals surface area (Å²) >= 11 is 0. The molecule has 0 aliphatic carbocycles. The zero-order valence-corrected chi connectivity index (χ0v) is 13.6. The number of anilines is 1. The van der Waals surface area contributed by atoms with Crippen molar-refractivity contribution in [2.24, 2.45) is 0 Å². The second-order valence-electron chi connectivity index (χ2n) is 5.74. The number of fused-ring (bicyclic) bond motifs is 1. The van der Waals surface area contributed by atoms with Gasteiger partial charge in [0.1, 0.15) is 5.52 Å². The second kappa shape index (κ2) is 6.25. The maximum absolute atomic E-state index is 12.0. The van der Waals surface area contributed by atoms with Gasteiger partial charge in [-0.2, -0.15) is 0 Å². The fourth-order valence-corrected chi connectivity index (χ4v) is 2.76. The number of nitrogens with two attached hydrogens (primary N) is 1. The molecule has 3 heterocycles. The summed E-state index contributed by atoms with van der Waals surface area (Å²) in [6.07, 6.45) is 1.87. The quantitative estimate of drug-likeness (QED) is 0.511. The number of rotatable bonds is 3. The van der Waals surface area contributed by atoms with Crippen LogP contribution in [0.25, 0.3) is 22.3 Å². The van der Waals surface area contributed by atoms with E-state index >= 15 is 0 Å². The summed E-state index contributed by atoms with van der Waals surface area (Å²) in [5.41, 5.74) is 8.29. The molecule has 128 valence electrons. The van der Waals surface area contributed by atoms with E-state index in [2.05, 4.69) is 24.9 Å². The van der Waals surface area contributed by atoms with Crippen LogP contribution in [0.5, 0.6) is 0 Å². The lowest BCUT2D eigenvalue weighted by molar-refractivity contribution is 1.03. The first-order valence-corrected chi connectivity index (χ1v) is 7.89. The van der Waals surface area contributed by atoms with Crippen LogP contribution in [-0.2, 0) is 6.42 Å². The van der Waals surface area contributed by atoms with E-state index in [1.54, 1.807) is 12.1 Å². The van der Waals surface area contributed by atoms with Crippen LogP contribution in [-0.4, -0.2) is 24.9 Å². The third kappa shape index (κ3) is 2.95. The SMILES string of the molecule is Nc1nc(Cc2ccccc2)c2nc(-c3c[nH]c(=O)[nH]c3=O)ccc2n1. The molecule has 0 fully saturated rings. The van der Waals surface area contributed by atoms with Gasteiger partial charge >= 0.3 is 5.69 Å². The Hall–Kier alpha value is -3.81. The topological polar surface area (TPSA) is 130 Å². The molecule has 8 heteroatoms. The Balaban J connectivity index is 1.89. The fourth-order valence-electron chi connectivity index (χ4n) is 2.76. The highest BCUT2D eigenvalue weighted by molar-refractivity contribution is 5.81. The van der Waals surface area contributed by atoms with Crippen molar-refractivity contribution in [3.63, 3.8) is 0 Å². The number of benzene rings is 1. The average Bonchev–Trinajstić information content (AvgIpc) is 2.62. The lowest BCUT2D eigenvalue weighted by atomic mass is 10.1. The monoisotopic (exact) mass is 346 g/mol. The molecule has 0 saturated carbocycles. The second-order valence-corrected chi connectivity index (χ2v) is 5.74. The molecule has 4 rings (SSSR count). The van der Waals surface area contributed by atoms with Gasteiger partial charge in [-0.3, -0.25) is 9.78 Å². The molecule has 0 amide bonds. The number of hydrogen-bond donors (Lipinski definition) is 3. The lowest BCUT2D eigenvalue weighted by Crippen LogP contribution is -2.22. The van der Waals surface area contributed by atoms with E-state index in [0.717, 1.165) is 5.56 Å². The van der Waals surface area contributed by atoms with Crippen LogP contribution < -0.4 is 17.0 Å². The number of pyridine rings is 1. The molecular weight excluding hydrogens is 332 g/mol. The van der Waals surface area contributed by atoms with E-state index in [9.17, 15) is 9.59 Å². The van der Waals surface area contributed by atoms with Gasteiger partial charge in [0.15, 0.2) is 0 Å². The number of aromatic amines is 2. The van der Waals surface area contributed by atoms with Gasteiger partial charge in [-0.1, -0.05) is 30.3 Å². The highest BCUT2D eigenvalue weighted by Gasteiger charge is 2.12. The first kappa shape index (κ1) is 15.7. The summed E-state index contributed by atoms with van der Waals surface area (Å²) in [7, 11) is 0. The number of nitrogen functional groups attached to an aromatic ring is 1. The van der Waals surface area contributed by atoms with Crippen LogP contribution in [0.15, 0.2) is 58.3 Å². The van der Waals surface area contributed by atoms with Crippen molar-refractivity contribution in [1.29, 1.82) is 0 Å². The van der Waals surface area contributed by atoms with Gasteiger partial charge in [0.05, 0.1) is 22.5 Å². The maximum Gasteiger partial charge on any atom is 0.325 e. The highest BCUT2D eigenvalue weighted by atomic mass is 16.2. The summed E-state index contributed by atoms with van der Waals surface area (Å²) in [5, 5.41) is 0. The Morgan fingerprint density at radius 1 is 0.962 bits per heavy atom. The smallest absolute Gasteiger partial charge is 0.325 e. The fraction of sp³-hybridized carbons (Fsp3) is 0.0556.